The lowest BCUT2D eigenvalue weighted by molar-refractivity contribution is 0.119. The molecule has 108 valence electrons. The van der Waals surface area contributed by atoms with Crippen molar-refractivity contribution in [2.45, 2.75) is 25.7 Å². The third-order valence-electron chi connectivity index (χ3n) is 3.91. The maximum absolute atomic E-state index is 12.4. The van der Waals surface area contributed by atoms with Crippen LogP contribution in [0.1, 0.15) is 25.7 Å². The van der Waals surface area contributed by atoms with Gasteiger partial charge in [0.05, 0.1) is 6.54 Å². The van der Waals surface area contributed by atoms with Crippen molar-refractivity contribution in [3.63, 3.8) is 0 Å². The van der Waals surface area contributed by atoms with Crippen LogP contribution in [0.15, 0.2) is 0 Å². The fourth-order valence-electron chi connectivity index (χ4n) is 2.80. The van der Waals surface area contributed by atoms with Crippen molar-refractivity contribution in [2.24, 2.45) is 5.73 Å². The minimum absolute atomic E-state index is 0.198. The van der Waals surface area contributed by atoms with E-state index in [0.717, 1.165) is 52.1 Å². The number of carbonyl (C=O) groups excluding carboxylic acids is 1. The lowest BCUT2D eigenvalue weighted by atomic mass is 10.2. The Balaban J connectivity index is 1.79. The predicted molar refractivity (Wildman–Crippen MR) is 75.4 cm³/mol. The third-order valence-corrected chi connectivity index (χ3v) is 3.91. The van der Waals surface area contributed by atoms with Gasteiger partial charge in [-0.2, -0.15) is 0 Å². The van der Waals surface area contributed by atoms with Crippen molar-refractivity contribution in [3.05, 3.63) is 0 Å². The van der Waals surface area contributed by atoms with Crippen molar-refractivity contribution in [1.29, 1.82) is 5.41 Å². The zero-order valence-electron chi connectivity index (χ0n) is 11.6. The second kappa shape index (κ2) is 6.75. The number of hydrogen-bond acceptors (Lipinski definition) is 3. The van der Waals surface area contributed by atoms with E-state index < -0.39 is 0 Å². The van der Waals surface area contributed by atoms with E-state index >= 15 is 0 Å². The zero-order valence-corrected chi connectivity index (χ0v) is 11.6. The summed E-state index contributed by atoms with van der Waals surface area (Å²) in [6.45, 7) is 5.48. The molecule has 2 aliphatic rings. The second-order valence-electron chi connectivity index (χ2n) is 5.47. The van der Waals surface area contributed by atoms with Crippen molar-refractivity contribution < 1.29 is 4.79 Å². The first kappa shape index (κ1) is 14.1. The highest BCUT2D eigenvalue weighted by Gasteiger charge is 2.25. The highest BCUT2D eigenvalue weighted by Crippen LogP contribution is 2.13. The molecule has 0 bridgehead atoms. The Morgan fingerprint density at radius 1 is 0.895 bits per heavy atom. The van der Waals surface area contributed by atoms with Gasteiger partial charge in [0.1, 0.15) is 5.84 Å². The van der Waals surface area contributed by atoms with Crippen LogP contribution in [0, 0.1) is 5.41 Å². The molecule has 2 amide bonds. The van der Waals surface area contributed by atoms with Crippen molar-refractivity contribution >= 4 is 11.9 Å². The van der Waals surface area contributed by atoms with Crippen LogP contribution >= 0.6 is 0 Å². The molecule has 2 rings (SSSR count). The van der Waals surface area contributed by atoms with Gasteiger partial charge in [-0.25, -0.2) is 4.79 Å². The van der Waals surface area contributed by atoms with Crippen LogP contribution in [0.4, 0.5) is 4.79 Å². The zero-order chi connectivity index (χ0) is 13.7. The number of carbonyl (C=O) groups is 1. The third kappa shape index (κ3) is 4.09. The maximum Gasteiger partial charge on any atom is 0.320 e. The summed E-state index contributed by atoms with van der Waals surface area (Å²) in [5, 5.41) is 7.30. The number of rotatable bonds is 2. The number of amidine groups is 1. The monoisotopic (exact) mass is 267 g/mol. The molecule has 3 N–H and O–H groups in total. The number of piperazine rings is 1. The lowest BCUT2D eigenvalue weighted by Gasteiger charge is -2.37. The number of likely N-dealkylation sites (tertiary alicyclic amines) is 1. The van der Waals surface area contributed by atoms with Crippen LogP contribution in [0.5, 0.6) is 0 Å². The standard InChI is InChI=1S/C13H25N5O/c14-12(15)11-16-7-9-18(10-8-16)13(19)17-5-3-1-2-4-6-17/h1-11H2,(H3,14,15). The summed E-state index contributed by atoms with van der Waals surface area (Å²) in [5.74, 6) is 0.201. The first-order chi connectivity index (χ1) is 9.16. The molecule has 0 saturated carbocycles. The average molecular weight is 267 g/mol. The Labute approximate surface area is 115 Å². The summed E-state index contributed by atoms with van der Waals surface area (Å²) in [4.78, 5) is 18.5. The summed E-state index contributed by atoms with van der Waals surface area (Å²) in [5.41, 5.74) is 5.40. The molecule has 0 unspecified atom stereocenters. The van der Waals surface area contributed by atoms with E-state index in [9.17, 15) is 4.79 Å². The molecule has 6 heteroatoms. The minimum Gasteiger partial charge on any atom is -0.387 e. The quantitative estimate of drug-likeness (QED) is 0.566. The summed E-state index contributed by atoms with van der Waals surface area (Å²) in [6, 6.07) is 0.198. The molecule has 2 aliphatic heterocycles. The SMILES string of the molecule is N=C(N)CN1CCN(C(=O)N2CCCCCC2)CC1. The first-order valence-corrected chi connectivity index (χ1v) is 7.26. The lowest BCUT2D eigenvalue weighted by Crippen LogP contribution is -2.54. The summed E-state index contributed by atoms with van der Waals surface area (Å²) in [6.07, 6.45) is 4.76. The Bertz CT molecular complexity index is 317. The largest absolute Gasteiger partial charge is 0.387 e. The molecule has 0 aromatic heterocycles. The molecule has 0 spiro atoms. The van der Waals surface area contributed by atoms with Gasteiger partial charge in [0.2, 0.25) is 0 Å². The van der Waals surface area contributed by atoms with E-state index in [4.69, 9.17) is 11.1 Å². The van der Waals surface area contributed by atoms with E-state index in [2.05, 4.69) is 4.90 Å². The maximum atomic E-state index is 12.4. The van der Waals surface area contributed by atoms with Gasteiger partial charge in [-0.3, -0.25) is 10.3 Å². The van der Waals surface area contributed by atoms with Crippen LogP contribution in [0.25, 0.3) is 0 Å². The Morgan fingerprint density at radius 3 is 1.95 bits per heavy atom. The number of urea groups is 1. The molecule has 0 aromatic rings. The van der Waals surface area contributed by atoms with Gasteiger partial charge in [-0.15, -0.1) is 0 Å². The second-order valence-corrected chi connectivity index (χ2v) is 5.47. The molecule has 0 atom stereocenters. The summed E-state index contributed by atoms with van der Waals surface area (Å²) < 4.78 is 0. The van der Waals surface area contributed by atoms with E-state index in [1.165, 1.54) is 12.8 Å². The fraction of sp³-hybridized carbons (Fsp3) is 0.846. The van der Waals surface area contributed by atoms with Crippen molar-refractivity contribution in [3.8, 4) is 0 Å². The van der Waals surface area contributed by atoms with Gasteiger partial charge in [-0.05, 0) is 12.8 Å². The molecule has 0 aromatic carbocycles. The van der Waals surface area contributed by atoms with Crippen LogP contribution < -0.4 is 5.73 Å². The first-order valence-electron chi connectivity index (χ1n) is 7.26. The average Bonchev–Trinajstić information content (AvgIpc) is 2.67. The smallest absolute Gasteiger partial charge is 0.320 e. The van der Waals surface area contributed by atoms with Gasteiger partial charge in [-0.1, -0.05) is 12.8 Å². The number of hydrogen-bond donors (Lipinski definition) is 2. The van der Waals surface area contributed by atoms with E-state index in [-0.39, 0.29) is 11.9 Å². The highest BCUT2D eigenvalue weighted by molar-refractivity contribution is 5.79. The van der Waals surface area contributed by atoms with E-state index in [0.29, 0.717) is 6.54 Å². The molecule has 0 radical (unpaired) electrons. The molecule has 6 nitrogen and oxygen atoms in total. The number of nitrogens with zero attached hydrogens (tertiary/aromatic N) is 3. The normalized spacial score (nSPS) is 22.1. The van der Waals surface area contributed by atoms with Gasteiger partial charge < -0.3 is 15.5 Å². The topological polar surface area (TPSA) is 76.7 Å². The molecule has 2 heterocycles. The van der Waals surface area contributed by atoms with Crippen molar-refractivity contribution in [1.82, 2.24) is 14.7 Å². The van der Waals surface area contributed by atoms with Crippen LogP contribution in [0.3, 0.4) is 0 Å². The van der Waals surface area contributed by atoms with Crippen LogP contribution in [-0.2, 0) is 0 Å². The predicted octanol–water partition coefficient (Wildman–Crippen LogP) is 0.536. The number of nitrogens with one attached hydrogen (secondary N) is 1. The molecule has 0 aliphatic carbocycles. The molecule has 2 fully saturated rings. The van der Waals surface area contributed by atoms with E-state index in [1.54, 1.807) is 0 Å². The Morgan fingerprint density at radius 2 is 1.42 bits per heavy atom. The molecule has 19 heavy (non-hydrogen) atoms. The van der Waals surface area contributed by atoms with E-state index in [1.807, 2.05) is 9.80 Å². The Hall–Kier alpha value is -1.30. The van der Waals surface area contributed by atoms with Crippen LogP contribution in [0.2, 0.25) is 0 Å². The van der Waals surface area contributed by atoms with Gasteiger partial charge in [0.25, 0.3) is 0 Å². The summed E-state index contributed by atoms with van der Waals surface area (Å²) in [7, 11) is 0. The number of amides is 2. The van der Waals surface area contributed by atoms with Gasteiger partial charge in [0, 0.05) is 39.3 Å². The number of nitrogens with two attached hydrogens (primary N) is 1. The minimum atomic E-state index is 0.198. The molecular weight excluding hydrogens is 242 g/mol. The Kier molecular flexibility index (Phi) is 5.01. The van der Waals surface area contributed by atoms with Crippen LogP contribution in [-0.4, -0.2) is 72.4 Å². The fourth-order valence-corrected chi connectivity index (χ4v) is 2.80. The van der Waals surface area contributed by atoms with Gasteiger partial charge in [0.15, 0.2) is 0 Å². The highest BCUT2D eigenvalue weighted by atomic mass is 16.2. The van der Waals surface area contributed by atoms with Crippen molar-refractivity contribution in [2.75, 3.05) is 45.8 Å². The molecule has 2 saturated heterocycles. The van der Waals surface area contributed by atoms with Gasteiger partial charge >= 0.3 is 6.03 Å². The molecular formula is C13H25N5O. The summed E-state index contributed by atoms with van der Waals surface area (Å²) >= 11 is 0.